The first kappa shape index (κ1) is 19.2. The van der Waals surface area contributed by atoms with Crippen molar-refractivity contribution in [2.45, 2.75) is 17.9 Å². The van der Waals surface area contributed by atoms with Crippen LogP contribution in [0.5, 0.6) is 5.75 Å². The number of methoxy groups -OCH3 is 1. The molecule has 2 aromatic carbocycles. The van der Waals surface area contributed by atoms with Gasteiger partial charge in [0.15, 0.2) is 9.84 Å². The largest absolute Gasteiger partial charge is 0.497 e. The van der Waals surface area contributed by atoms with Crippen molar-refractivity contribution in [1.82, 2.24) is 4.90 Å². The second-order valence-corrected chi connectivity index (χ2v) is 7.97. The summed E-state index contributed by atoms with van der Waals surface area (Å²) in [6, 6.07) is 16.5. The van der Waals surface area contributed by atoms with Gasteiger partial charge in [0.1, 0.15) is 5.75 Å². The van der Waals surface area contributed by atoms with Crippen molar-refractivity contribution >= 4 is 9.84 Å². The number of ether oxygens (including phenoxy) is 1. The minimum atomic E-state index is -3.22. The summed E-state index contributed by atoms with van der Waals surface area (Å²) in [6.07, 6.45) is 2.43. The maximum atomic E-state index is 12.3. The van der Waals surface area contributed by atoms with Crippen LogP contribution in [0.15, 0.2) is 72.1 Å². The monoisotopic (exact) mass is 359 g/mol. The van der Waals surface area contributed by atoms with E-state index in [2.05, 4.69) is 11.5 Å². The number of benzene rings is 2. The molecule has 0 aliphatic heterocycles. The Morgan fingerprint density at radius 2 is 1.76 bits per heavy atom. The van der Waals surface area contributed by atoms with Gasteiger partial charge in [0, 0.05) is 13.1 Å². The average Bonchev–Trinajstić information content (AvgIpc) is 2.63. The topological polar surface area (TPSA) is 46.6 Å². The van der Waals surface area contributed by atoms with Gasteiger partial charge in [-0.25, -0.2) is 8.42 Å². The molecule has 0 N–H and O–H groups in total. The Bertz CT molecular complexity index is 755. The van der Waals surface area contributed by atoms with E-state index in [0.717, 1.165) is 24.4 Å². The Labute approximate surface area is 150 Å². The molecule has 0 saturated heterocycles. The second-order valence-electron chi connectivity index (χ2n) is 5.86. The Kier molecular flexibility index (Phi) is 7.22. The van der Waals surface area contributed by atoms with Crippen molar-refractivity contribution < 1.29 is 13.2 Å². The van der Waals surface area contributed by atoms with E-state index >= 15 is 0 Å². The summed E-state index contributed by atoms with van der Waals surface area (Å²) < 4.78 is 29.9. The molecule has 0 saturated carbocycles. The van der Waals surface area contributed by atoms with E-state index in [4.69, 9.17) is 4.74 Å². The predicted octanol–water partition coefficient (Wildman–Crippen LogP) is 3.55. The summed E-state index contributed by atoms with van der Waals surface area (Å²) in [5.41, 5.74) is 1.16. The first-order valence-electron chi connectivity index (χ1n) is 8.29. The molecule has 2 rings (SSSR count). The first-order valence-corrected chi connectivity index (χ1v) is 9.94. The highest BCUT2D eigenvalue weighted by molar-refractivity contribution is 7.91. The van der Waals surface area contributed by atoms with Crippen LogP contribution in [0.2, 0.25) is 0 Å². The van der Waals surface area contributed by atoms with E-state index in [1.165, 1.54) is 0 Å². The lowest BCUT2D eigenvalue weighted by molar-refractivity contribution is 0.295. The molecule has 0 aromatic heterocycles. The Morgan fingerprint density at radius 1 is 1.08 bits per heavy atom. The van der Waals surface area contributed by atoms with Crippen LogP contribution in [0.3, 0.4) is 0 Å². The molecular weight excluding hydrogens is 334 g/mol. The summed E-state index contributed by atoms with van der Waals surface area (Å²) in [4.78, 5) is 2.58. The van der Waals surface area contributed by atoms with Gasteiger partial charge in [0.25, 0.3) is 0 Å². The number of nitrogens with zero attached hydrogens (tertiary/aromatic N) is 1. The second kappa shape index (κ2) is 9.39. The van der Waals surface area contributed by atoms with E-state index < -0.39 is 9.84 Å². The molecule has 2 aromatic rings. The van der Waals surface area contributed by atoms with Crippen LogP contribution in [-0.2, 0) is 16.4 Å². The van der Waals surface area contributed by atoms with Crippen LogP contribution in [0.4, 0.5) is 0 Å². The molecule has 0 atom stereocenters. The molecule has 5 heteroatoms. The fourth-order valence-corrected chi connectivity index (χ4v) is 3.95. The van der Waals surface area contributed by atoms with Crippen molar-refractivity contribution in [3.63, 3.8) is 0 Å². The third kappa shape index (κ3) is 6.03. The molecule has 0 amide bonds. The van der Waals surface area contributed by atoms with Gasteiger partial charge >= 0.3 is 0 Å². The molecule has 0 bridgehead atoms. The van der Waals surface area contributed by atoms with Gasteiger partial charge in [-0.3, -0.25) is 4.90 Å². The van der Waals surface area contributed by atoms with Crippen LogP contribution < -0.4 is 4.74 Å². The molecule has 0 spiro atoms. The van der Waals surface area contributed by atoms with Gasteiger partial charge in [-0.05, 0) is 42.8 Å². The van der Waals surface area contributed by atoms with E-state index in [1.54, 1.807) is 31.4 Å². The van der Waals surface area contributed by atoms with E-state index in [-0.39, 0.29) is 5.75 Å². The summed E-state index contributed by atoms with van der Waals surface area (Å²) in [5, 5.41) is 0. The van der Waals surface area contributed by atoms with Crippen molar-refractivity contribution in [2.75, 3.05) is 26.0 Å². The first-order chi connectivity index (χ1) is 12.0. The number of rotatable bonds is 10. The molecule has 0 aliphatic carbocycles. The highest BCUT2D eigenvalue weighted by Gasteiger charge is 2.14. The van der Waals surface area contributed by atoms with Crippen LogP contribution in [0.25, 0.3) is 0 Å². The van der Waals surface area contributed by atoms with E-state index in [0.29, 0.717) is 17.9 Å². The van der Waals surface area contributed by atoms with Gasteiger partial charge in [-0.15, -0.1) is 6.58 Å². The average molecular weight is 359 g/mol. The highest BCUT2D eigenvalue weighted by Crippen LogP contribution is 2.14. The molecule has 0 unspecified atom stereocenters. The summed E-state index contributed by atoms with van der Waals surface area (Å²) in [7, 11) is -1.58. The smallest absolute Gasteiger partial charge is 0.178 e. The fourth-order valence-electron chi connectivity index (χ4n) is 2.63. The molecule has 0 radical (unpaired) electrons. The summed E-state index contributed by atoms with van der Waals surface area (Å²) in [5.74, 6) is 0.973. The number of hydrogen-bond donors (Lipinski definition) is 0. The molecule has 0 aliphatic rings. The standard InChI is InChI=1S/C20H25NO3S/c1-3-14-21(17-18-10-12-19(24-2)13-11-18)15-7-16-25(22,23)20-8-5-4-6-9-20/h3-6,8-13H,1,7,14-17H2,2H3. The minimum Gasteiger partial charge on any atom is -0.497 e. The summed E-state index contributed by atoms with van der Waals surface area (Å²) >= 11 is 0. The van der Waals surface area contributed by atoms with Crippen LogP contribution in [-0.4, -0.2) is 39.3 Å². The molecule has 0 heterocycles. The Balaban J connectivity index is 1.91. The quantitative estimate of drug-likeness (QED) is 0.609. The van der Waals surface area contributed by atoms with Gasteiger partial charge < -0.3 is 4.74 Å². The van der Waals surface area contributed by atoms with Crippen LogP contribution >= 0.6 is 0 Å². The van der Waals surface area contributed by atoms with Crippen molar-refractivity contribution in [3.8, 4) is 5.75 Å². The lowest BCUT2D eigenvalue weighted by atomic mass is 10.2. The SMILES string of the molecule is C=CCN(CCCS(=O)(=O)c1ccccc1)Cc1ccc(OC)cc1. The maximum Gasteiger partial charge on any atom is 0.178 e. The van der Waals surface area contributed by atoms with Gasteiger partial charge in [-0.1, -0.05) is 36.4 Å². The third-order valence-corrected chi connectivity index (χ3v) is 5.76. The van der Waals surface area contributed by atoms with Gasteiger partial charge in [0.2, 0.25) is 0 Å². The summed E-state index contributed by atoms with van der Waals surface area (Å²) in [6.45, 7) is 5.96. The number of sulfone groups is 1. The molecule has 25 heavy (non-hydrogen) atoms. The zero-order valence-electron chi connectivity index (χ0n) is 14.6. The molecular formula is C20H25NO3S. The Morgan fingerprint density at radius 3 is 2.36 bits per heavy atom. The zero-order chi connectivity index (χ0) is 18.1. The lowest BCUT2D eigenvalue weighted by Crippen LogP contribution is -2.26. The minimum absolute atomic E-state index is 0.146. The van der Waals surface area contributed by atoms with Gasteiger partial charge in [-0.2, -0.15) is 0 Å². The lowest BCUT2D eigenvalue weighted by Gasteiger charge is -2.21. The molecule has 4 nitrogen and oxygen atoms in total. The van der Waals surface area contributed by atoms with Crippen molar-refractivity contribution in [3.05, 3.63) is 72.8 Å². The fraction of sp³-hybridized carbons (Fsp3) is 0.300. The maximum absolute atomic E-state index is 12.3. The third-order valence-electron chi connectivity index (χ3n) is 3.94. The predicted molar refractivity (Wildman–Crippen MR) is 102 cm³/mol. The number of hydrogen-bond acceptors (Lipinski definition) is 4. The van der Waals surface area contributed by atoms with Crippen LogP contribution in [0, 0.1) is 0 Å². The zero-order valence-corrected chi connectivity index (χ0v) is 15.4. The van der Waals surface area contributed by atoms with E-state index in [1.807, 2.05) is 36.4 Å². The van der Waals surface area contributed by atoms with E-state index in [9.17, 15) is 8.42 Å². The molecule has 0 fully saturated rings. The van der Waals surface area contributed by atoms with Crippen LogP contribution in [0.1, 0.15) is 12.0 Å². The van der Waals surface area contributed by atoms with Gasteiger partial charge in [0.05, 0.1) is 17.8 Å². The van der Waals surface area contributed by atoms with Crippen molar-refractivity contribution in [1.29, 1.82) is 0 Å². The Hall–Kier alpha value is -2.11. The normalized spacial score (nSPS) is 11.4. The van der Waals surface area contributed by atoms with Crippen molar-refractivity contribution in [2.24, 2.45) is 0 Å². The molecule has 134 valence electrons. The highest BCUT2D eigenvalue weighted by atomic mass is 32.2.